The molecule has 0 aromatic heterocycles. The Bertz CT molecular complexity index is 680. The Morgan fingerprint density at radius 3 is 2.77 bits per heavy atom. The van der Waals surface area contributed by atoms with Crippen molar-refractivity contribution in [2.24, 2.45) is 0 Å². The highest BCUT2D eigenvalue weighted by Crippen LogP contribution is 2.38. The molecule has 0 radical (unpaired) electrons. The van der Waals surface area contributed by atoms with E-state index < -0.39 is 0 Å². The lowest BCUT2D eigenvalue weighted by Crippen LogP contribution is -2.34. The Labute approximate surface area is 141 Å². The van der Waals surface area contributed by atoms with E-state index in [0.29, 0.717) is 6.54 Å². The maximum absolute atomic E-state index is 13.1. The van der Waals surface area contributed by atoms with E-state index in [9.17, 15) is 9.18 Å². The number of carbonyl (C=O) groups is 1. The molecule has 1 N–H and O–H groups in total. The minimum atomic E-state index is -0.267. The van der Waals surface area contributed by atoms with Crippen LogP contribution in [0, 0.1) is 5.82 Å². The van der Waals surface area contributed by atoms with E-state index in [-0.39, 0.29) is 17.2 Å². The van der Waals surface area contributed by atoms with Crippen molar-refractivity contribution in [3.63, 3.8) is 0 Å². The lowest BCUT2D eigenvalue weighted by Gasteiger charge is -2.24. The number of carbonyl (C=O) groups excluding carboxylic acids is 1. The molecule has 6 heteroatoms. The average Bonchev–Trinajstić information content (AvgIpc) is 2.97. The first kappa shape index (κ1) is 15.4. The Morgan fingerprint density at radius 1 is 1.27 bits per heavy atom. The lowest BCUT2D eigenvalue weighted by atomic mass is 10.2. The number of nitrogens with one attached hydrogen (secondary N) is 1. The summed E-state index contributed by atoms with van der Waals surface area (Å²) in [5.41, 5.74) is 1.68. The van der Waals surface area contributed by atoms with Gasteiger partial charge < -0.3 is 10.2 Å². The quantitative estimate of drug-likeness (QED) is 0.805. The molecule has 1 aliphatic heterocycles. The fraction of sp³-hybridized carbons (Fsp3) is 0.188. The normalized spacial score (nSPS) is 17.5. The zero-order chi connectivity index (χ0) is 15.5. The van der Waals surface area contributed by atoms with Gasteiger partial charge in [0.05, 0.1) is 0 Å². The van der Waals surface area contributed by atoms with E-state index in [1.54, 1.807) is 28.8 Å². The minimum Gasteiger partial charge on any atom is -0.308 e. The Balaban J connectivity index is 1.75. The molecule has 1 fully saturated rings. The maximum atomic E-state index is 13.1. The summed E-state index contributed by atoms with van der Waals surface area (Å²) >= 11 is 5.07. The van der Waals surface area contributed by atoms with Gasteiger partial charge in [0.2, 0.25) is 0 Å². The molecular weight excluding hydrogens is 367 g/mol. The molecule has 1 saturated heterocycles. The van der Waals surface area contributed by atoms with Crippen molar-refractivity contribution < 1.29 is 9.18 Å². The Kier molecular flexibility index (Phi) is 4.69. The molecule has 1 aliphatic rings. The van der Waals surface area contributed by atoms with Crippen LogP contribution in [0.5, 0.6) is 0 Å². The van der Waals surface area contributed by atoms with Gasteiger partial charge in [0.25, 0.3) is 0 Å². The molecule has 2 amide bonds. The van der Waals surface area contributed by atoms with Gasteiger partial charge in [0, 0.05) is 22.5 Å². The fourth-order valence-corrected chi connectivity index (χ4v) is 4.00. The van der Waals surface area contributed by atoms with Crippen LogP contribution in [0.2, 0.25) is 0 Å². The third kappa shape index (κ3) is 3.44. The minimum absolute atomic E-state index is 0.0762. The molecule has 114 valence electrons. The third-order valence-electron chi connectivity index (χ3n) is 3.38. The van der Waals surface area contributed by atoms with Gasteiger partial charge in [-0.2, -0.15) is 0 Å². The summed E-state index contributed by atoms with van der Waals surface area (Å²) in [6, 6.07) is 13.7. The van der Waals surface area contributed by atoms with Crippen molar-refractivity contribution in [3.8, 4) is 0 Å². The van der Waals surface area contributed by atoms with Gasteiger partial charge in [-0.25, -0.2) is 9.18 Å². The first-order valence-corrected chi connectivity index (χ1v) is 8.68. The number of nitrogens with zero attached hydrogens (tertiary/aromatic N) is 1. The van der Waals surface area contributed by atoms with E-state index in [4.69, 9.17) is 0 Å². The summed E-state index contributed by atoms with van der Waals surface area (Å²) in [5, 5.41) is 2.83. The molecule has 0 spiro atoms. The van der Waals surface area contributed by atoms with Crippen molar-refractivity contribution in [2.75, 3.05) is 17.6 Å². The molecule has 3 rings (SSSR count). The van der Waals surface area contributed by atoms with Crippen LogP contribution in [0.1, 0.15) is 10.9 Å². The monoisotopic (exact) mass is 380 g/mol. The van der Waals surface area contributed by atoms with Crippen LogP contribution in [0.4, 0.5) is 14.9 Å². The summed E-state index contributed by atoms with van der Waals surface area (Å²) in [6.45, 7) is 0.673. The molecule has 1 heterocycles. The molecule has 3 nitrogen and oxygen atoms in total. The van der Waals surface area contributed by atoms with Crippen LogP contribution in [-0.2, 0) is 0 Å². The van der Waals surface area contributed by atoms with Crippen LogP contribution in [0.3, 0.4) is 0 Å². The molecule has 22 heavy (non-hydrogen) atoms. The van der Waals surface area contributed by atoms with Gasteiger partial charge in [-0.3, -0.25) is 0 Å². The van der Waals surface area contributed by atoms with Crippen molar-refractivity contribution >= 4 is 39.4 Å². The van der Waals surface area contributed by atoms with Crippen molar-refractivity contribution in [3.05, 3.63) is 64.4 Å². The fourth-order valence-electron chi connectivity index (χ4n) is 2.34. The second-order valence-electron chi connectivity index (χ2n) is 4.91. The number of anilines is 1. The predicted octanol–water partition coefficient (Wildman–Crippen LogP) is 4.87. The molecule has 0 saturated carbocycles. The summed E-state index contributed by atoms with van der Waals surface area (Å²) in [6.07, 6.45) is 0. The highest BCUT2D eigenvalue weighted by Gasteiger charge is 2.30. The van der Waals surface area contributed by atoms with Gasteiger partial charge >= 0.3 is 6.03 Å². The predicted molar refractivity (Wildman–Crippen MR) is 91.5 cm³/mol. The summed E-state index contributed by atoms with van der Waals surface area (Å²) in [7, 11) is 0. The first-order valence-electron chi connectivity index (χ1n) is 6.84. The standard InChI is InChI=1S/C16H14BrFN2OS/c17-12-2-1-3-14(10-12)19-16(21)20-8-9-22-15(20)11-4-6-13(18)7-5-11/h1-7,10,15H,8-9H2,(H,19,21). The second-order valence-corrected chi connectivity index (χ2v) is 7.01. The largest absolute Gasteiger partial charge is 0.323 e. The number of thioether (sulfide) groups is 1. The third-order valence-corrected chi connectivity index (χ3v) is 5.14. The van der Waals surface area contributed by atoms with E-state index in [1.807, 2.05) is 24.3 Å². The van der Waals surface area contributed by atoms with Crippen LogP contribution in [0.25, 0.3) is 0 Å². The summed E-state index contributed by atoms with van der Waals surface area (Å²) in [4.78, 5) is 14.3. The molecule has 1 unspecified atom stereocenters. The highest BCUT2D eigenvalue weighted by molar-refractivity contribution is 9.10. The van der Waals surface area contributed by atoms with Gasteiger partial charge in [0.15, 0.2) is 0 Å². The molecule has 2 aromatic carbocycles. The Morgan fingerprint density at radius 2 is 2.05 bits per heavy atom. The maximum Gasteiger partial charge on any atom is 0.323 e. The highest BCUT2D eigenvalue weighted by atomic mass is 79.9. The van der Waals surface area contributed by atoms with Crippen LogP contribution in [0.15, 0.2) is 53.0 Å². The molecule has 0 aliphatic carbocycles. The number of halogens is 2. The molecular formula is C16H14BrFN2OS. The number of benzene rings is 2. The van der Waals surface area contributed by atoms with Gasteiger partial charge in [-0.05, 0) is 35.9 Å². The Hall–Kier alpha value is -1.53. The second kappa shape index (κ2) is 6.71. The zero-order valence-electron chi connectivity index (χ0n) is 11.6. The van der Waals surface area contributed by atoms with E-state index in [1.165, 1.54) is 12.1 Å². The topological polar surface area (TPSA) is 32.3 Å². The van der Waals surface area contributed by atoms with Crippen LogP contribution in [-0.4, -0.2) is 23.2 Å². The van der Waals surface area contributed by atoms with Crippen molar-refractivity contribution in [2.45, 2.75) is 5.37 Å². The molecule has 0 bridgehead atoms. The van der Waals surface area contributed by atoms with Crippen molar-refractivity contribution in [1.29, 1.82) is 0 Å². The molecule has 1 atom stereocenters. The lowest BCUT2D eigenvalue weighted by molar-refractivity contribution is 0.214. The first-order chi connectivity index (χ1) is 10.6. The number of rotatable bonds is 2. The van der Waals surface area contributed by atoms with Gasteiger partial charge in [-0.15, -0.1) is 11.8 Å². The zero-order valence-corrected chi connectivity index (χ0v) is 14.0. The van der Waals surface area contributed by atoms with Gasteiger partial charge in [0.1, 0.15) is 11.2 Å². The number of urea groups is 1. The number of amides is 2. The van der Waals surface area contributed by atoms with E-state index >= 15 is 0 Å². The van der Waals surface area contributed by atoms with E-state index in [0.717, 1.165) is 21.5 Å². The summed E-state index contributed by atoms with van der Waals surface area (Å²) < 4.78 is 14.0. The number of hydrogen-bond acceptors (Lipinski definition) is 2. The molecule has 2 aromatic rings. The van der Waals surface area contributed by atoms with E-state index in [2.05, 4.69) is 21.2 Å². The van der Waals surface area contributed by atoms with Crippen LogP contribution < -0.4 is 5.32 Å². The van der Waals surface area contributed by atoms with Crippen LogP contribution >= 0.6 is 27.7 Å². The smallest absolute Gasteiger partial charge is 0.308 e. The average molecular weight is 381 g/mol. The number of hydrogen-bond donors (Lipinski definition) is 1. The SMILES string of the molecule is O=C(Nc1cccc(Br)c1)N1CCSC1c1ccc(F)cc1. The van der Waals surface area contributed by atoms with Gasteiger partial charge in [-0.1, -0.05) is 34.1 Å². The van der Waals surface area contributed by atoms with Crippen molar-refractivity contribution in [1.82, 2.24) is 4.90 Å². The summed E-state index contributed by atoms with van der Waals surface area (Å²) in [5.74, 6) is 0.602.